The average molecular weight is 314 g/mol. The molecular weight excluding hydrogens is 295 g/mol. The van der Waals surface area contributed by atoms with E-state index in [9.17, 15) is 9.36 Å². The van der Waals surface area contributed by atoms with E-state index >= 15 is 0 Å². The van der Waals surface area contributed by atoms with Crippen LogP contribution in [0.3, 0.4) is 0 Å². The molecule has 2 aromatic rings. The van der Waals surface area contributed by atoms with Crippen LogP contribution in [0.15, 0.2) is 42.5 Å². The Hall–Kier alpha value is -1.83. The molecule has 1 unspecified atom stereocenters. The summed E-state index contributed by atoms with van der Waals surface area (Å²) in [5.74, 6) is -0.183. The summed E-state index contributed by atoms with van der Waals surface area (Å²) < 4.78 is 16.4. The highest BCUT2D eigenvalue weighted by atomic mass is 31.1. The van der Waals surface area contributed by atoms with E-state index in [1.165, 1.54) is 0 Å². The van der Waals surface area contributed by atoms with Crippen molar-refractivity contribution in [2.24, 2.45) is 0 Å². The fraction of sp³-hybridized carbons (Fsp3) is 0.278. The van der Waals surface area contributed by atoms with E-state index < -0.39 is 14.3 Å². The molecule has 2 aromatic carbocycles. The monoisotopic (exact) mass is 314 g/mol. The fourth-order valence-corrected chi connectivity index (χ4v) is 3.17. The second-order valence-corrected chi connectivity index (χ2v) is 6.00. The highest BCUT2D eigenvalue weighted by molar-refractivity contribution is 7.17. The van der Waals surface area contributed by atoms with Crippen LogP contribution < -0.4 is 0 Å². The molecule has 0 aromatic heterocycles. The van der Waals surface area contributed by atoms with Crippen LogP contribution in [0.5, 0.6) is 0 Å². The summed E-state index contributed by atoms with van der Waals surface area (Å²) in [6, 6.07) is 13.1. The van der Waals surface area contributed by atoms with E-state index in [2.05, 4.69) is 0 Å². The summed E-state index contributed by atoms with van der Waals surface area (Å²) in [4.78, 5) is 13.1. The maximum absolute atomic E-state index is 13.1. The molecule has 0 aliphatic heterocycles. The van der Waals surface area contributed by atoms with E-state index in [0.717, 1.165) is 16.7 Å². The molecule has 114 valence electrons. The van der Waals surface area contributed by atoms with Crippen LogP contribution in [0.2, 0.25) is 0 Å². The highest BCUT2D eigenvalue weighted by Crippen LogP contribution is 2.35. The predicted molar refractivity (Wildman–Crippen MR) is 87.5 cm³/mol. The number of benzene rings is 2. The highest BCUT2D eigenvalue weighted by Gasteiger charge is 2.39. The summed E-state index contributed by atoms with van der Waals surface area (Å²) in [6.07, 6.45) is 0. The van der Waals surface area contributed by atoms with Gasteiger partial charge in [-0.3, -0.25) is 9.32 Å². The summed E-state index contributed by atoms with van der Waals surface area (Å²) in [5.41, 5.74) is 2.93. The Bertz CT molecular complexity index is 687. The minimum absolute atomic E-state index is 0.183. The zero-order valence-corrected chi connectivity index (χ0v) is 14.1. The number of hydrogen-bond acceptors (Lipinski definition) is 3. The van der Waals surface area contributed by atoms with E-state index in [4.69, 9.17) is 4.52 Å². The van der Waals surface area contributed by atoms with Crippen LogP contribution >= 0.6 is 8.69 Å². The first-order valence-corrected chi connectivity index (χ1v) is 7.82. The lowest BCUT2D eigenvalue weighted by atomic mass is 9.84. The summed E-state index contributed by atoms with van der Waals surface area (Å²) in [7, 11) is -0.518. The van der Waals surface area contributed by atoms with Crippen LogP contribution in [0, 0.1) is 20.8 Å². The van der Waals surface area contributed by atoms with Crippen LogP contribution in [0.25, 0.3) is 0 Å². The summed E-state index contributed by atoms with van der Waals surface area (Å²) in [5, 5.41) is 0. The third-order valence-electron chi connectivity index (χ3n) is 3.88. The number of ketones is 1. The minimum Gasteiger partial charge on any atom is -0.290 e. The van der Waals surface area contributed by atoms with Crippen molar-refractivity contribution in [3.63, 3.8) is 0 Å². The molecule has 22 heavy (non-hydrogen) atoms. The van der Waals surface area contributed by atoms with Crippen molar-refractivity contribution in [3.05, 3.63) is 70.3 Å². The Balaban J connectivity index is 2.60. The molecule has 0 aliphatic rings. The van der Waals surface area contributed by atoms with Gasteiger partial charge in [0.15, 0.2) is 11.4 Å². The first kappa shape index (κ1) is 16.5. The normalized spacial score (nSPS) is 13.8. The Morgan fingerprint density at radius 2 is 1.59 bits per heavy atom. The van der Waals surface area contributed by atoms with Gasteiger partial charge >= 0.3 is 8.69 Å². The Morgan fingerprint density at radius 1 is 1.05 bits per heavy atom. The van der Waals surface area contributed by atoms with E-state index in [1.807, 2.05) is 63.2 Å². The van der Waals surface area contributed by atoms with Crippen LogP contribution in [0.4, 0.5) is 0 Å². The standard InChI is InChI=1S/C18H19O3P/c1-12-10-13(2)16(14(3)11-12)17(19)18(4,21-22-20)15-8-6-5-7-9-15/h5-11H,1-4H3. The maximum Gasteiger partial charge on any atom is 0.328 e. The van der Waals surface area contributed by atoms with Crippen molar-refractivity contribution in [1.82, 2.24) is 0 Å². The number of aryl methyl sites for hydroxylation is 3. The van der Waals surface area contributed by atoms with Gasteiger partial charge in [-0.05, 0) is 44.4 Å². The van der Waals surface area contributed by atoms with Gasteiger partial charge in [-0.15, -0.1) is 0 Å². The second-order valence-electron chi connectivity index (χ2n) is 5.67. The molecular formula is C18H19O3P. The zero-order valence-electron chi connectivity index (χ0n) is 13.2. The molecule has 0 amide bonds. The number of Topliss-reactive ketones (excluding diaryl/α,β-unsaturated/α-hetero) is 1. The lowest BCUT2D eigenvalue weighted by Crippen LogP contribution is -2.34. The number of rotatable bonds is 5. The molecule has 2 rings (SSSR count). The van der Waals surface area contributed by atoms with Gasteiger partial charge in [0.05, 0.1) is 0 Å². The largest absolute Gasteiger partial charge is 0.328 e. The van der Waals surface area contributed by atoms with Gasteiger partial charge in [0.25, 0.3) is 0 Å². The van der Waals surface area contributed by atoms with Crippen molar-refractivity contribution < 1.29 is 13.9 Å². The third-order valence-corrected chi connectivity index (χ3v) is 4.32. The number of hydrogen-bond donors (Lipinski definition) is 0. The fourth-order valence-electron chi connectivity index (χ4n) is 2.83. The molecule has 0 saturated carbocycles. The number of carbonyl (C=O) groups is 1. The average Bonchev–Trinajstić information content (AvgIpc) is 2.47. The first-order valence-electron chi connectivity index (χ1n) is 7.09. The van der Waals surface area contributed by atoms with Gasteiger partial charge in [0, 0.05) is 5.56 Å². The first-order chi connectivity index (χ1) is 10.4. The molecule has 1 atom stereocenters. The van der Waals surface area contributed by atoms with Crippen LogP contribution in [0.1, 0.15) is 39.5 Å². The van der Waals surface area contributed by atoms with Gasteiger partial charge in [-0.25, -0.2) is 4.57 Å². The van der Waals surface area contributed by atoms with Gasteiger partial charge in [-0.1, -0.05) is 48.0 Å². The van der Waals surface area contributed by atoms with Crippen molar-refractivity contribution in [1.29, 1.82) is 0 Å². The van der Waals surface area contributed by atoms with E-state index in [-0.39, 0.29) is 5.78 Å². The second kappa shape index (κ2) is 6.51. The predicted octanol–water partition coefficient (Wildman–Crippen LogP) is 4.93. The molecule has 0 fully saturated rings. The van der Waals surface area contributed by atoms with E-state index in [0.29, 0.717) is 11.1 Å². The maximum atomic E-state index is 13.1. The van der Waals surface area contributed by atoms with Crippen molar-refractivity contribution in [2.45, 2.75) is 33.3 Å². The summed E-state index contributed by atoms with van der Waals surface area (Å²) in [6.45, 7) is 7.48. The molecule has 0 aliphatic carbocycles. The lowest BCUT2D eigenvalue weighted by Gasteiger charge is -2.27. The van der Waals surface area contributed by atoms with E-state index in [1.54, 1.807) is 6.92 Å². The smallest absolute Gasteiger partial charge is 0.290 e. The van der Waals surface area contributed by atoms with Crippen LogP contribution in [-0.4, -0.2) is 5.78 Å². The third kappa shape index (κ3) is 3.01. The van der Waals surface area contributed by atoms with Crippen LogP contribution in [-0.2, 0) is 14.7 Å². The molecule has 0 spiro atoms. The minimum atomic E-state index is -1.28. The Kier molecular flexibility index (Phi) is 4.90. The molecule has 4 heteroatoms. The quantitative estimate of drug-likeness (QED) is 0.580. The zero-order chi connectivity index (χ0) is 16.3. The molecule has 0 N–H and O–H groups in total. The lowest BCUT2D eigenvalue weighted by molar-refractivity contribution is 0.0557. The van der Waals surface area contributed by atoms with Crippen molar-refractivity contribution in [3.8, 4) is 0 Å². The number of carbonyl (C=O) groups excluding carboxylic acids is 1. The SMILES string of the molecule is Cc1cc(C)c(C(=O)C(C)(OP=O)c2ccccc2)c(C)c1. The molecule has 0 radical (unpaired) electrons. The Labute approximate surface area is 132 Å². The topological polar surface area (TPSA) is 43.4 Å². The molecule has 0 bridgehead atoms. The molecule has 0 saturated heterocycles. The van der Waals surface area contributed by atoms with Crippen molar-refractivity contribution in [2.75, 3.05) is 0 Å². The molecule has 3 nitrogen and oxygen atoms in total. The van der Waals surface area contributed by atoms with Crippen molar-refractivity contribution >= 4 is 14.5 Å². The van der Waals surface area contributed by atoms with Gasteiger partial charge in [0.2, 0.25) is 0 Å². The summed E-state index contributed by atoms with van der Waals surface area (Å²) >= 11 is 0. The van der Waals surface area contributed by atoms with Gasteiger partial charge in [-0.2, -0.15) is 0 Å². The van der Waals surface area contributed by atoms with Gasteiger partial charge in [0.1, 0.15) is 0 Å². The Morgan fingerprint density at radius 3 is 2.09 bits per heavy atom. The molecule has 0 heterocycles. The van der Waals surface area contributed by atoms with Gasteiger partial charge < -0.3 is 0 Å².